The number of aryl methyl sites for hydroxylation is 1. The van der Waals surface area contributed by atoms with E-state index < -0.39 is 0 Å². The Morgan fingerprint density at radius 2 is 2.50 bits per heavy atom. The van der Waals surface area contributed by atoms with Crippen molar-refractivity contribution in [3.63, 3.8) is 0 Å². The van der Waals surface area contributed by atoms with Gasteiger partial charge in [-0.2, -0.15) is 0 Å². The molecule has 0 aromatic carbocycles. The van der Waals surface area contributed by atoms with Crippen molar-refractivity contribution in [3.8, 4) is 0 Å². The van der Waals surface area contributed by atoms with Gasteiger partial charge in [-0.25, -0.2) is 4.98 Å². The first kappa shape index (κ1) is 11.1. The van der Waals surface area contributed by atoms with Crippen LogP contribution in [0.15, 0.2) is 5.51 Å². The summed E-state index contributed by atoms with van der Waals surface area (Å²) in [5.41, 5.74) is 2.74. The molecule has 0 bridgehead atoms. The Kier molecular flexibility index (Phi) is 4.55. The molecule has 0 spiro atoms. The summed E-state index contributed by atoms with van der Waals surface area (Å²) in [4.78, 5) is 16.3. The van der Waals surface area contributed by atoms with Crippen LogP contribution in [0.5, 0.6) is 0 Å². The van der Waals surface area contributed by atoms with Crippen LogP contribution in [0.1, 0.15) is 23.4 Å². The van der Waals surface area contributed by atoms with Gasteiger partial charge in [0.05, 0.1) is 17.7 Å². The first-order chi connectivity index (χ1) is 6.74. The second kappa shape index (κ2) is 5.72. The van der Waals surface area contributed by atoms with Gasteiger partial charge in [-0.3, -0.25) is 4.79 Å². The third-order valence-electron chi connectivity index (χ3n) is 1.85. The molecule has 0 radical (unpaired) electrons. The summed E-state index contributed by atoms with van der Waals surface area (Å²) in [5, 5.41) is 11.3. The number of carbonyl (C=O) groups is 1. The van der Waals surface area contributed by atoms with Crippen molar-refractivity contribution in [1.82, 2.24) is 10.3 Å². The predicted octanol–water partition coefficient (Wildman–Crippen LogP) is 0.840. The van der Waals surface area contributed by atoms with E-state index in [1.54, 1.807) is 16.8 Å². The van der Waals surface area contributed by atoms with E-state index in [1.165, 1.54) is 0 Å². The Morgan fingerprint density at radius 3 is 3.07 bits per heavy atom. The maximum absolute atomic E-state index is 11.2. The van der Waals surface area contributed by atoms with Crippen LogP contribution in [0.4, 0.5) is 0 Å². The topological polar surface area (TPSA) is 62.2 Å². The highest BCUT2D eigenvalue weighted by Crippen LogP contribution is 2.11. The second-order valence-electron chi connectivity index (χ2n) is 2.96. The fourth-order valence-corrected chi connectivity index (χ4v) is 1.72. The van der Waals surface area contributed by atoms with Gasteiger partial charge in [0.1, 0.15) is 0 Å². The summed E-state index contributed by atoms with van der Waals surface area (Å²) >= 11 is 1.54. The minimum Gasteiger partial charge on any atom is -0.396 e. The summed E-state index contributed by atoms with van der Waals surface area (Å²) in [6.45, 7) is 2.53. The molecule has 1 aromatic rings. The van der Waals surface area contributed by atoms with Gasteiger partial charge in [0.25, 0.3) is 0 Å². The molecule has 0 aliphatic carbocycles. The van der Waals surface area contributed by atoms with Crippen molar-refractivity contribution in [2.24, 2.45) is 0 Å². The minimum atomic E-state index is -0.0214. The van der Waals surface area contributed by atoms with E-state index in [9.17, 15) is 4.79 Å². The highest BCUT2D eigenvalue weighted by atomic mass is 32.1. The molecule has 0 saturated heterocycles. The summed E-state index contributed by atoms with van der Waals surface area (Å²) < 4.78 is 0. The van der Waals surface area contributed by atoms with Crippen LogP contribution in [0.3, 0.4) is 0 Å². The van der Waals surface area contributed by atoms with Gasteiger partial charge in [0, 0.05) is 17.9 Å². The monoisotopic (exact) mass is 214 g/mol. The SMILES string of the molecule is Cc1ncsc1CNC(=O)CCCO. The number of thiazole rings is 1. The Morgan fingerprint density at radius 1 is 1.71 bits per heavy atom. The zero-order valence-electron chi connectivity index (χ0n) is 8.12. The van der Waals surface area contributed by atoms with Crippen LogP contribution >= 0.6 is 11.3 Å². The molecule has 78 valence electrons. The largest absolute Gasteiger partial charge is 0.396 e. The Labute approximate surface area is 87.0 Å². The summed E-state index contributed by atoms with van der Waals surface area (Å²) in [6.07, 6.45) is 0.905. The average molecular weight is 214 g/mol. The maximum atomic E-state index is 11.2. The van der Waals surface area contributed by atoms with Crippen LogP contribution in [-0.4, -0.2) is 22.6 Å². The van der Waals surface area contributed by atoms with Gasteiger partial charge in [-0.15, -0.1) is 11.3 Å². The van der Waals surface area contributed by atoms with E-state index in [0.717, 1.165) is 10.6 Å². The van der Waals surface area contributed by atoms with Gasteiger partial charge in [-0.05, 0) is 13.3 Å². The molecule has 1 amide bonds. The lowest BCUT2D eigenvalue weighted by Gasteiger charge is -2.02. The van der Waals surface area contributed by atoms with Crippen molar-refractivity contribution >= 4 is 17.2 Å². The van der Waals surface area contributed by atoms with E-state index in [2.05, 4.69) is 10.3 Å². The molecule has 4 nitrogen and oxygen atoms in total. The predicted molar refractivity (Wildman–Crippen MR) is 55.0 cm³/mol. The minimum absolute atomic E-state index is 0.0214. The highest BCUT2D eigenvalue weighted by Gasteiger charge is 2.04. The summed E-state index contributed by atoms with van der Waals surface area (Å²) in [7, 11) is 0. The quantitative estimate of drug-likeness (QED) is 0.763. The number of amides is 1. The van der Waals surface area contributed by atoms with Crippen molar-refractivity contribution in [2.75, 3.05) is 6.61 Å². The second-order valence-corrected chi connectivity index (χ2v) is 3.90. The molecular weight excluding hydrogens is 200 g/mol. The normalized spacial score (nSPS) is 10.1. The summed E-state index contributed by atoms with van der Waals surface area (Å²) in [6, 6.07) is 0. The molecule has 0 aliphatic heterocycles. The number of aliphatic hydroxyl groups excluding tert-OH is 1. The first-order valence-electron chi connectivity index (χ1n) is 4.50. The van der Waals surface area contributed by atoms with Crippen LogP contribution < -0.4 is 5.32 Å². The van der Waals surface area contributed by atoms with E-state index in [0.29, 0.717) is 19.4 Å². The molecule has 0 atom stereocenters. The maximum Gasteiger partial charge on any atom is 0.220 e. The highest BCUT2D eigenvalue weighted by molar-refractivity contribution is 7.09. The molecule has 0 unspecified atom stereocenters. The molecule has 1 rings (SSSR count). The molecule has 1 heterocycles. The molecule has 5 heteroatoms. The molecule has 14 heavy (non-hydrogen) atoms. The van der Waals surface area contributed by atoms with Crippen LogP contribution in [0.25, 0.3) is 0 Å². The smallest absolute Gasteiger partial charge is 0.220 e. The Bertz CT molecular complexity index is 299. The third-order valence-corrected chi connectivity index (χ3v) is 2.79. The number of hydrogen-bond acceptors (Lipinski definition) is 4. The summed E-state index contributed by atoms with van der Waals surface area (Å²) in [5.74, 6) is -0.0214. The number of aliphatic hydroxyl groups is 1. The number of nitrogens with zero attached hydrogens (tertiary/aromatic N) is 1. The van der Waals surface area contributed by atoms with Gasteiger partial charge < -0.3 is 10.4 Å². The van der Waals surface area contributed by atoms with Gasteiger partial charge in [-0.1, -0.05) is 0 Å². The number of nitrogens with one attached hydrogen (secondary N) is 1. The number of rotatable bonds is 5. The van der Waals surface area contributed by atoms with Crippen molar-refractivity contribution in [1.29, 1.82) is 0 Å². The zero-order valence-corrected chi connectivity index (χ0v) is 8.93. The lowest BCUT2D eigenvalue weighted by Crippen LogP contribution is -2.22. The average Bonchev–Trinajstić information content (AvgIpc) is 2.58. The van der Waals surface area contributed by atoms with Gasteiger partial charge >= 0.3 is 0 Å². The number of aromatic nitrogens is 1. The molecular formula is C9H14N2O2S. The van der Waals surface area contributed by atoms with E-state index in [1.807, 2.05) is 6.92 Å². The lowest BCUT2D eigenvalue weighted by molar-refractivity contribution is -0.121. The Balaban J connectivity index is 2.27. The number of hydrogen-bond donors (Lipinski definition) is 2. The van der Waals surface area contributed by atoms with Gasteiger partial charge in [0.2, 0.25) is 5.91 Å². The van der Waals surface area contributed by atoms with Crippen LogP contribution in [0.2, 0.25) is 0 Å². The number of carbonyl (C=O) groups excluding carboxylic acids is 1. The standard InChI is InChI=1S/C9H14N2O2S/c1-7-8(14-6-11-7)5-10-9(13)3-2-4-12/h6,12H,2-5H2,1H3,(H,10,13). The Hall–Kier alpha value is -0.940. The van der Waals surface area contributed by atoms with E-state index in [-0.39, 0.29) is 12.5 Å². The third kappa shape index (κ3) is 3.43. The molecule has 0 aliphatic rings. The fourth-order valence-electron chi connectivity index (χ4n) is 1.00. The van der Waals surface area contributed by atoms with Crippen molar-refractivity contribution < 1.29 is 9.90 Å². The van der Waals surface area contributed by atoms with Crippen LogP contribution in [0, 0.1) is 6.92 Å². The molecule has 1 aromatic heterocycles. The van der Waals surface area contributed by atoms with Crippen molar-refractivity contribution in [3.05, 3.63) is 16.1 Å². The zero-order chi connectivity index (χ0) is 10.4. The van der Waals surface area contributed by atoms with E-state index >= 15 is 0 Å². The fraction of sp³-hybridized carbons (Fsp3) is 0.556. The van der Waals surface area contributed by atoms with E-state index in [4.69, 9.17) is 5.11 Å². The van der Waals surface area contributed by atoms with Gasteiger partial charge in [0.15, 0.2) is 0 Å². The molecule has 0 fully saturated rings. The van der Waals surface area contributed by atoms with Crippen molar-refractivity contribution in [2.45, 2.75) is 26.3 Å². The molecule has 0 saturated carbocycles. The van der Waals surface area contributed by atoms with Crippen LogP contribution in [-0.2, 0) is 11.3 Å². The molecule has 2 N–H and O–H groups in total. The lowest BCUT2D eigenvalue weighted by atomic mass is 10.3. The first-order valence-corrected chi connectivity index (χ1v) is 5.38.